The largest absolute Gasteiger partial charge is 0.326 e. The number of rotatable bonds is 3. The number of benzene rings is 2. The van der Waals surface area contributed by atoms with Gasteiger partial charge in [-0.15, -0.1) is 0 Å². The monoisotopic (exact) mass is 356 g/mol. The highest BCUT2D eigenvalue weighted by atomic mass is 35.5. The summed E-state index contributed by atoms with van der Waals surface area (Å²) in [4.78, 5) is 23.6. The number of halogens is 3. The van der Waals surface area contributed by atoms with Gasteiger partial charge in [-0.3, -0.25) is 9.59 Å². The first-order chi connectivity index (χ1) is 10.4. The van der Waals surface area contributed by atoms with Crippen LogP contribution >= 0.6 is 34.8 Å². The van der Waals surface area contributed by atoms with Crippen molar-refractivity contribution in [2.45, 2.75) is 6.92 Å². The SMILES string of the molecule is CC(=O)Nc1cc(Cl)ccc1C(=O)Nc1cccc(Cl)c1Cl. The van der Waals surface area contributed by atoms with Crippen molar-refractivity contribution in [3.63, 3.8) is 0 Å². The molecular formula is C15H11Cl3N2O2. The summed E-state index contributed by atoms with van der Waals surface area (Å²) in [6.45, 7) is 1.34. The zero-order valence-corrected chi connectivity index (χ0v) is 13.7. The van der Waals surface area contributed by atoms with Crippen molar-refractivity contribution in [2.24, 2.45) is 0 Å². The van der Waals surface area contributed by atoms with Crippen molar-refractivity contribution in [1.29, 1.82) is 0 Å². The standard InChI is InChI=1S/C15H11Cl3N2O2/c1-8(21)19-13-7-9(16)5-6-10(13)15(22)20-12-4-2-3-11(17)14(12)18/h2-7H,1H3,(H,19,21)(H,20,22). The summed E-state index contributed by atoms with van der Waals surface area (Å²) >= 11 is 17.8. The quantitative estimate of drug-likeness (QED) is 0.824. The predicted octanol–water partition coefficient (Wildman–Crippen LogP) is 4.86. The summed E-state index contributed by atoms with van der Waals surface area (Å²) in [6.07, 6.45) is 0. The number of carbonyl (C=O) groups is 2. The van der Waals surface area contributed by atoms with Gasteiger partial charge in [0.15, 0.2) is 0 Å². The lowest BCUT2D eigenvalue weighted by molar-refractivity contribution is -0.114. The van der Waals surface area contributed by atoms with E-state index in [0.29, 0.717) is 21.4 Å². The van der Waals surface area contributed by atoms with E-state index in [1.165, 1.54) is 19.1 Å². The Morgan fingerprint density at radius 2 is 1.68 bits per heavy atom. The highest BCUT2D eigenvalue weighted by Gasteiger charge is 2.15. The van der Waals surface area contributed by atoms with Crippen molar-refractivity contribution in [3.05, 3.63) is 57.0 Å². The van der Waals surface area contributed by atoms with E-state index in [2.05, 4.69) is 10.6 Å². The van der Waals surface area contributed by atoms with Gasteiger partial charge in [0.05, 0.1) is 27.0 Å². The normalized spacial score (nSPS) is 10.2. The molecule has 0 saturated carbocycles. The van der Waals surface area contributed by atoms with Crippen LogP contribution in [0.25, 0.3) is 0 Å². The molecule has 0 fully saturated rings. The molecule has 0 aliphatic carbocycles. The maximum atomic E-state index is 12.4. The van der Waals surface area contributed by atoms with Gasteiger partial charge in [0.25, 0.3) is 5.91 Å². The smallest absolute Gasteiger partial charge is 0.257 e. The van der Waals surface area contributed by atoms with Gasteiger partial charge in [0, 0.05) is 11.9 Å². The van der Waals surface area contributed by atoms with Crippen LogP contribution in [0.5, 0.6) is 0 Å². The summed E-state index contributed by atoms with van der Waals surface area (Å²) in [6, 6.07) is 9.48. The van der Waals surface area contributed by atoms with E-state index in [-0.39, 0.29) is 16.5 Å². The fourth-order valence-corrected chi connectivity index (χ4v) is 2.32. The zero-order valence-electron chi connectivity index (χ0n) is 11.4. The van der Waals surface area contributed by atoms with E-state index in [4.69, 9.17) is 34.8 Å². The topological polar surface area (TPSA) is 58.2 Å². The first-order valence-corrected chi connectivity index (χ1v) is 7.34. The fraction of sp³-hybridized carbons (Fsp3) is 0.0667. The molecule has 7 heteroatoms. The molecule has 0 aromatic heterocycles. The predicted molar refractivity (Wildman–Crippen MR) is 90.2 cm³/mol. The lowest BCUT2D eigenvalue weighted by Gasteiger charge is -2.12. The van der Waals surface area contributed by atoms with Crippen molar-refractivity contribution < 1.29 is 9.59 Å². The van der Waals surface area contributed by atoms with Crippen molar-refractivity contribution >= 4 is 58.0 Å². The maximum Gasteiger partial charge on any atom is 0.257 e. The second-order valence-electron chi connectivity index (χ2n) is 4.43. The van der Waals surface area contributed by atoms with Gasteiger partial charge in [-0.2, -0.15) is 0 Å². The van der Waals surface area contributed by atoms with E-state index >= 15 is 0 Å². The molecule has 2 N–H and O–H groups in total. The molecule has 0 radical (unpaired) electrons. The van der Waals surface area contributed by atoms with E-state index < -0.39 is 5.91 Å². The Hall–Kier alpha value is -1.75. The van der Waals surface area contributed by atoms with Crippen molar-refractivity contribution in [2.75, 3.05) is 10.6 Å². The molecule has 2 rings (SSSR count). The molecular weight excluding hydrogens is 347 g/mol. The molecule has 114 valence electrons. The first-order valence-electron chi connectivity index (χ1n) is 6.21. The summed E-state index contributed by atoms with van der Waals surface area (Å²) in [7, 11) is 0. The Morgan fingerprint density at radius 1 is 0.955 bits per heavy atom. The van der Waals surface area contributed by atoms with Crippen LogP contribution in [0.2, 0.25) is 15.1 Å². The van der Waals surface area contributed by atoms with Crippen LogP contribution in [0, 0.1) is 0 Å². The Balaban J connectivity index is 2.33. The average Bonchev–Trinajstić information content (AvgIpc) is 2.43. The number of amides is 2. The van der Waals surface area contributed by atoms with Gasteiger partial charge in [-0.25, -0.2) is 0 Å². The van der Waals surface area contributed by atoms with Crippen LogP contribution in [-0.2, 0) is 4.79 Å². The van der Waals surface area contributed by atoms with E-state index in [9.17, 15) is 9.59 Å². The molecule has 0 unspecified atom stereocenters. The van der Waals surface area contributed by atoms with Crippen LogP contribution < -0.4 is 10.6 Å². The second kappa shape index (κ2) is 7.01. The van der Waals surface area contributed by atoms with Gasteiger partial charge in [0.2, 0.25) is 5.91 Å². The first kappa shape index (κ1) is 16.6. The van der Waals surface area contributed by atoms with Crippen LogP contribution in [0.4, 0.5) is 11.4 Å². The highest BCUT2D eigenvalue weighted by Crippen LogP contribution is 2.30. The van der Waals surface area contributed by atoms with Gasteiger partial charge in [-0.05, 0) is 30.3 Å². The Kier molecular flexibility index (Phi) is 5.29. The molecule has 2 aromatic carbocycles. The second-order valence-corrected chi connectivity index (χ2v) is 5.65. The van der Waals surface area contributed by atoms with Crippen molar-refractivity contribution in [3.8, 4) is 0 Å². The van der Waals surface area contributed by atoms with E-state index in [1.807, 2.05) is 0 Å². The summed E-state index contributed by atoms with van der Waals surface area (Å²) < 4.78 is 0. The molecule has 0 heterocycles. The summed E-state index contributed by atoms with van der Waals surface area (Å²) in [5, 5.41) is 6.19. The van der Waals surface area contributed by atoms with Gasteiger partial charge < -0.3 is 10.6 Å². The molecule has 2 aromatic rings. The average molecular weight is 358 g/mol. The van der Waals surface area contributed by atoms with Crippen LogP contribution in [0.1, 0.15) is 17.3 Å². The third-order valence-corrected chi connectivity index (χ3v) is 3.79. The Labute approximate surface area is 142 Å². The summed E-state index contributed by atoms with van der Waals surface area (Å²) in [5.41, 5.74) is 0.953. The molecule has 0 spiro atoms. The molecule has 0 aliphatic rings. The lowest BCUT2D eigenvalue weighted by Crippen LogP contribution is -2.16. The lowest BCUT2D eigenvalue weighted by atomic mass is 10.1. The van der Waals surface area contributed by atoms with Crippen LogP contribution in [0.15, 0.2) is 36.4 Å². The number of hydrogen-bond donors (Lipinski definition) is 2. The molecule has 4 nitrogen and oxygen atoms in total. The minimum absolute atomic E-state index is 0.243. The number of hydrogen-bond acceptors (Lipinski definition) is 2. The molecule has 22 heavy (non-hydrogen) atoms. The zero-order chi connectivity index (χ0) is 16.3. The molecule has 0 bridgehead atoms. The number of carbonyl (C=O) groups excluding carboxylic acids is 2. The van der Waals surface area contributed by atoms with Crippen molar-refractivity contribution in [1.82, 2.24) is 0 Å². The van der Waals surface area contributed by atoms with E-state index in [1.54, 1.807) is 24.3 Å². The van der Waals surface area contributed by atoms with Crippen LogP contribution in [-0.4, -0.2) is 11.8 Å². The summed E-state index contributed by atoms with van der Waals surface area (Å²) in [5.74, 6) is -0.748. The molecule has 0 aliphatic heterocycles. The Morgan fingerprint density at radius 3 is 2.36 bits per heavy atom. The third kappa shape index (κ3) is 3.91. The minimum atomic E-state index is -0.440. The molecule has 0 atom stereocenters. The minimum Gasteiger partial charge on any atom is -0.326 e. The number of anilines is 2. The Bertz CT molecular complexity index is 748. The van der Waals surface area contributed by atoms with Gasteiger partial charge in [-0.1, -0.05) is 40.9 Å². The van der Waals surface area contributed by atoms with E-state index in [0.717, 1.165) is 0 Å². The maximum absolute atomic E-state index is 12.4. The van der Waals surface area contributed by atoms with Gasteiger partial charge >= 0.3 is 0 Å². The van der Waals surface area contributed by atoms with Gasteiger partial charge in [0.1, 0.15) is 0 Å². The third-order valence-electron chi connectivity index (χ3n) is 2.74. The fourth-order valence-electron chi connectivity index (χ4n) is 1.80. The molecule has 2 amide bonds. The van der Waals surface area contributed by atoms with Crippen LogP contribution in [0.3, 0.4) is 0 Å². The molecule has 0 saturated heterocycles. The highest BCUT2D eigenvalue weighted by molar-refractivity contribution is 6.44. The number of nitrogens with one attached hydrogen (secondary N) is 2.